The number of rotatable bonds is 7. The molecule has 1 aliphatic rings. The maximum absolute atomic E-state index is 13.0. The van der Waals surface area contributed by atoms with Crippen LogP contribution in [0, 0.1) is 0 Å². The number of ether oxygens (including phenoxy) is 4. The van der Waals surface area contributed by atoms with E-state index in [1.165, 1.54) is 0 Å². The molecule has 5 atom stereocenters. The molecule has 0 bridgehead atoms. The second kappa shape index (κ2) is 11.6. The third kappa shape index (κ3) is 7.42. The summed E-state index contributed by atoms with van der Waals surface area (Å²) in [5.41, 5.74) is 6.85. The Kier molecular flexibility index (Phi) is 9.45. The molecule has 0 aromatic heterocycles. The summed E-state index contributed by atoms with van der Waals surface area (Å²) in [6.45, 7) is 2.88. The largest absolute Gasteiger partial charge is 0.463 e. The molecule has 0 amide bonds. The molecule has 0 saturated carbocycles. The summed E-state index contributed by atoms with van der Waals surface area (Å²) in [4.78, 5) is 37.6. The third-order valence-corrected chi connectivity index (χ3v) is 5.81. The van der Waals surface area contributed by atoms with Crippen LogP contribution in [0.5, 0.6) is 0 Å². The van der Waals surface area contributed by atoms with E-state index in [0.717, 1.165) is 50.7 Å². The van der Waals surface area contributed by atoms with Gasteiger partial charge in [0.05, 0.1) is 10.6 Å². The Morgan fingerprint density at radius 1 is 1.15 bits per heavy atom. The highest BCUT2D eigenvalue weighted by molar-refractivity contribution is 7.99. The number of carbonyl (C=O) groups excluding carboxylic acids is 3. The van der Waals surface area contributed by atoms with Crippen molar-refractivity contribution < 1.29 is 46.5 Å². The first-order chi connectivity index (χ1) is 15.8. The molecule has 1 saturated heterocycles. The van der Waals surface area contributed by atoms with Crippen LogP contribution in [0.3, 0.4) is 0 Å². The minimum atomic E-state index is -4.67. The molecule has 1 aliphatic heterocycles. The lowest BCUT2D eigenvalue weighted by atomic mass is 9.97. The van der Waals surface area contributed by atoms with Crippen LogP contribution < -0.4 is 0 Å². The zero-order valence-corrected chi connectivity index (χ0v) is 19.5. The molecular formula is C19H19ClF3N3O7S. The highest BCUT2D eigenvalue weighted by Crippen LogP contribution is 2.41. The van der Waals surface area contributed by atoms with Gasteiger partial charge in [0.1, 0.15) is 36.4 Å². The molecule has 2 rings (SSSR count). The smallest absolute Gasteiger partial charge is 0.417 e. The maximum atomic E-state index is 13.0. The van der Waals surface area contributed by atoms with E-state index in [0.29, 0.717) is 0 Å². The number of thioether (sulfide) groups is 1. The summed E-state index contributed by atoms with van der Waals surface area (Å²) < 4.78 is 60.4. The normalized spacial score (nSPS) is 24.5. The number of benzene rings is 1. The highest BCUT2D eigenvalue weighted by atomic mass is 35.5. The molecule has 1 aromatic rings. The number of halogens is 4. The van der Waals surface area contributed by atoms with Gasteiger partial charge in [0.25, 0.3) is 0 Å². The van der Waals surface area contributed by atoms with Crippen LogP contribution in [-0.4, -0.2) is 54.3 Å². The van der Waals surface area contributed by atoms with Crippen molar-refractivity contribution in [1.82, 2.24) is 0 Å². The molecule has 0 aliphatic carbocycles. The van der Waals surface area contributed by atoms with Crippen molar-refractivity contribution in [3.8, 4) is 0 Å². The number of azide groups is 1. The van der Waals surface area contributed by atoms with Crippen LogP contribution in [0.4, 0.5) is 13.2 Å². The van der Waals surface area contributed by atoms with Crippen molar-refractivity contribution in [3.63, 3.8) is 0 Å². The zero-order valence-electron chi connectivity index (χ0n) is 17.9. The van der Waals surface area contributed by atoms with Gasteiger partial charge in [-0.3, -0.25) is 14.4 Å². The van der Waals surface area contributed by atoms with Gasteiger partial charge >= 0.3 is 24.1 Å². The van der Waals surface area contributed by atoms with Crippen molar-refractivity contribution in [1.29, 1.82) is 0 Å². The highest BCUT2D eigenvalue weighted by Gasteiger charge is 2.50. The van der Waals surface area contributed by atoms with E-state index >= 15 is 0 Å². The van der Waals surface area contributed by atoms with E-state index in [-0.39, 0.29) is 4.90 Å². The number of nitrogens with zero attached hydrogens (tertiary/aromatic N) is 3. The van der Waals surface area contributed by atoms with E-state index in [1.807, 2.05) is 0 Å². The predicted molar refractivity (Wildman–Crippen MR) is 112 cm³/mol. The van der Waals surface area contributed by atoms with Gasteiger partial charge in [-0.05, 0) is 23.7 Å². The van der Waals surface area contributed by atoms with Gasteiger partial charge in [-0.25, -0.2) is 0 Å². The Labute approximate surface area is 200 Å². The lowest BCUT2D eigenvalue weighted by molar-refractivity contribution is -0.201. The summed E-state index contributed by atoms with van der Waals surface area (Å²) in [5, 5.41) is 3.03. The lowest BCUT2D eigenvalue weighted by Crippen LogP contribution is -2.59. The van der Waals surface area contributed by atoms with Crippen LogP contribution in [0.25, 0.3) is 10.4 Å². The van der Waals surface area contributed by atoms with Crippen LogP contribution in [0.1, 0.15) is 26.3 Å². The van der Waals surface area contributed by atoms with Crippen molar-refractivity contribution >= 4 is 41.3 Å². The topological polar surface area (TPSA) is 137 Å². The molecule has 1 aromatic carbocycles. The number of hydrogen-bond donors (Lipinski definition) is 0. The molecule has 0 spiro atoms. The Morgan fingerprint density at radius 3 is 2.26 bits per heavy atom. The Bertz CT molecular complexity index is 990. The van der Waals surface area contributed by atoms with Gasteiger partial charge in [0.2, 0.25) is 0 Å². The van der Waals surface area contributed by atoms with E-state index in [4.69, 9.17) is 36.1 Å². The average molecular weight is 526 g/mol. The molecule has 1 heterocycles. The van der Waals surface area contributed by atoms with Crippen molar-refractivity contribution in [2.24, 2.45) is 5.11 Å². The van der Waals surface area contributed by atoms with Crippen LogP contribution in [0.15, 0.2) is 28.2 Å². The van der Waals surface area contributed by atoms with E-state index in [9.17, 15) is 27.6 Å². The van der Waals surface area contributed by atoms with E-state index < -0.39 is 71.1 Å². The second-order valence-corrected chi connectivity index (χ2v) is 8.53. The van der Waals surface area contributed by atoms with Gasteiger partial charge < -0.3 is 18.9 Å². The Hall–Kier alpha value is -2.67. The quantitative estimate of drug-likeness (QED) is 0.169. The Balaban J connectivity index is 2.46. The number of hydrogen-bond acceptors (Lipinski definition) is 9. The minimum absolute atomic E-state index is 0.206. The third-order valence-electron chi connectivity index (χ3n) is 4.35. The van der Waals surface area contributed by atoms with E-state index in [1.54, 1.807) is 0 Å². The molecule has 34 heavy (non-hydrogen) atoms. The predicted octanol–water partition coefficient (Wildman–Crippen LogP) is 4.28. The molecule has 0 N–H and O–H groups in total. The zero-order chi connectivity index (χ0) is 25.6. The molecule has 10 nitrogen and oxygen atoms in total. The van der Waals surface area contributed by atoms with Gasteiger partial charge in [-0.2, -0.15) is 13.2 Å². The number of alkyl halides is 3. The van der Waals surface area contributed by atoms with Crippen molar-refractivity contribution in [3.05, 3.63) is 39.2 Å². The first kappa shape index (κ1) is 27.6. The first-order valence-electron chi connectivity index (χ1n) is 9.54. The minimum Gasteiger partial charge on any atom is -0.463 e. The summed E-state index contributed by atoms with van der Waals surface area (Å²) in [5.74, 6) is -2.24. The number of esters is 3. The van der Waals surface area contributed by atoms with Crippen molar-refractivity contribution in [2.75, 3.05) is 6.61 Å². The average Bonchev–Trinajstić information content (AvgIpc) is 2.69. The summed E-state index contributed by atoms with van der Waals surface area (Å²) in [6, 6.07) is 1.65. The molecule has 15 heteroatoms. The Morgan fingerprint density at radius 2 is 1.76 bits per heavy atom. The van der Waals surface area contributed by atoms with Crippen LogP contribution >= 0.6 is 23.4 Å². The first-order valence-corrected chi connectivity index (χ1v) is 10.8. The second-order valence-electron chi connectivity index (χ2n) is 6.95. The summed E-state index contributed by atoms with van der Waals surface area (Å²) in [6.07, 6.45) is -8.44. The van der Waals surface area contributed by atoms with Gasteiger partial charge in [-0.15, -0.1) is 0 Å². The molecule has 0 radical (unpaired) electrons. The standard InChI is InChI=1S/C19H19ClF3N3O7S/c1-8(27)30-7-14-16(31-9(2)28)15(25-26-24)17(32-10(3)29)18(33-14)34-11-4-5-12(13(20)6-11)19(21,22)23/h4-6,14-18H,7H2,1-3H3/t14?,15?,16-,17-,18+/m0/s1. The lowest BCUT2D eigenvalue weighted by Gasteiger charge is -2.43. The molecule has 186 valence electrons. The fourth-order valence-electron chi connectivity index (χ4n) is 3.10. The van der Waals surface area contributed by atoms with Crippen LogP contribution in [-0.2, 0) is 39.5 Å². The fraction of sp³-hybridized carbons (Fsp3) is 0.526. The monoisotopic (exact) mass is 525 g/mol. The van der Waals surface area contributed by atoms with Crippen molar-refractivity contribution in [2.45, 2.75) is 61.6 Å². The molecule has 2 unspecified atom stereocenters. The number of carbonyl (C=O) groups is 3. The van der Waals surface area contributed by atoms with Gasteiger partial charge in [0.15, 0.2) is 0 Å². The molecule has 1 fully saturated rings. The molecular weight excluding hydrogens is 507 g/mol. The maximum Gasteiger partial charge on any atom is 0.417 e. The SMILES string of the molecule is CC(=O)OCC1O[C@H](Sc2ccc(C(F)(F)F)c(Cl)c2)[C@@H](OC(C)=O)C(N=[N+]=[N-])[C@H]1OC(C)=O. The fourth-order valence-corrected chi connectivity index (χ4v) is 4.60. The summed E-state index contributed by atoms with van der Waals surface area (Å²) in [7, 11) is 0. The summed E-state index contributed by atoms with van der Waals surface area (Å²) >= 11 is 6.60. The van der Waals surface area contributed by atoms with Gasteiger partial charge in [-0.1, -0.05) is 28.5 Å². The van der Waals surface area contributed by atoms with E-state index in [2.05, 4.69) is 10.0 Å². The van der Waals surface area contributed by atoms with Crippen LogP contribution in [0.2, 0.25) is 5.02 Å². The van der Waals surface area contributed by atoms with Gasteiger partial charge in [0, 0.05) is 30.6 Å².